The van der Waals surface area contributed by atoms with Crippen molar-refractivity contribution in [3.05, 3.63) is 65.3 Å². The molecule has 0 heterocycles. The monoisotopic (exact) mass is 292 g/mol. The van der Waals surface area contributed by atoms with Crippen molar-refractivity contribution in [2.24, 2.45) is 0 Å². The quantitative estimate of drug-likeness (QED) is 0.867. The highest BCUT2D eigenvalue weighted by atomic mass is 32.2. The van der Waals surface area contributed by atoms with E-state index in [0.29, 0.717) is 11.3 Å². The zero-order valence-electron chi connectivity index (χ0n) is 10.8. The molecule has 0 aliphatic carbocycles. The van der Waals surface area contributed by atoms with Gasteiger partial charge in [0, 0.05) is 5.56 Å². The van der Waals surface area contributed by atoms with Gasteiger partial charge >= 0.3 is 0 Å². The Morgan fingerprint density at radius 2 is 1.65 bits per heavy atom. The first-order valence-corrected chi connectivity index (χ1v) is 7.34. The summed E-state index contributed by atoms with van der Waals surface area (Å²) in [5.41, 5.74) is 0.368. The highest BCUT2D eigenvalue weighted by Crippen LogP contribution is 2.26. The molecule has 5 heteroatoms. The van der Waals surface area contributed by atoms with Crippen molar-refractivity contribution in [3.8, 4) is 5.75 Å². The average Bonchev–Trinajstić information content (AvgIpc) is 2.48. The molecule has 0 fully saturated rings. The molecular formula is C15H13FO3S. The number of methoxy groups -OCH3 is 1. The molecular weight excluding hydrogens is 279 g/mol. The number of benzene rings is 2. The Labute approximate surface area is 117 Å². The minimum absolute atomic E-state index is 0.0800. The molecule has 0 saturated carbocycles. The number of ether oxygens (including phenoxy) is 1. The lowest BCUT2D eigenvalue weighted by molar-refractivity contribution is 0.413. The fourth-order valence-corrected chi connectivity index (χ4v) is 2.72. The van der Waals surface area contributed by atoms with Crippen LogP contribution in [0.4, 0.5) is 4.39 Å². The van der Waals surface area contributed by atoms with Gasteiger partial charge in [-0.05, 0) is 24.3 Å². The van der Waals surface area contributed by atoms with Crippen LogP contribution < -0.4 is 4.74 Å². The van der Waals surface area contributed by atoms with E-state index in [-0.39, 0.29) is 4.90 Å². The second kappa shape index (κ2) is 5.88. The van der Waals surface area contributed by atoms with Gasteiger partial charge in [-0.15, -0.1) is 0 Å². The molecule has 0 unspecified atom stereocenters. The Bertz CT molecular complexity index is 722. The molecule has 0 saturated heterocycles. The first kappa shape index (κ1) is 14.3. The van der Waals surface area contributed by atoms with Crippen molar-refractivity contribution in [3.63, 3.8) is 0 Å². The van der Waals surface area contributed by atoms with Gasteiger partial charge in [-0.1, -0.05) is 36.4 Å². The zero-order valence-corrected chi connectivity index (χ0v) is 11.6. The van der Waals surface area contributed by atoms with Crippen LogP contribution in [0.1, 0.15) is 5.56 Å². The van der Waals surface area contributed by atoms with Gasteiger partial charge in [-0.3, -0.25) is 0 Å². The predicted octanol–water partition coefficient (Wildman–Crippen LogP) is 3.44. The summed E-state index contributed by atoms with van der Waals surface area (Å²) in [7, 11) is -2.68. The van der Waals surface area contributed by atoms with Crippen LogP contribution in [-0.4, -0.2) is 15.5 Å². The second-order valence-corrected chi connectivity index (χ2v) is 5.88. The molecule has 0 spiro atoms. The molecule has 104 valence electrons. The third-order valence-corrected chi connectivity index (χ3v) is 4.24. The first-order valence-electron chi connectivity index (χ1n) is 5.86. The number of rotatable bonds is 4. The molecule has 2 aromatic rings. The highest BCUT2D eigenvalue weighted by Gasteiger charge is 2.20. The highest BCUT2D eigenvalue weighted by molar-refractivity contribution is 7.95. The minimum atomic E-state index is -4.12. The van der Waals surface area contributed by atoms with Crippen molar-refractivity contribution in [2.75, 3.05) is 7.11 Å². The Balaban J connectivity index is 2.45. The predicted molar refractivity (Wildman–Crippen MR) is 75.7 cm³/mol. The van der Waals surface area contributed by atoms with E-state index < -0.39 is 15.0 Å². The molecule has 2 rings (SSSR count). The van der Waals surface area contributed by atoms with E-state index in [0.717, 1.165) is 6.08 Å². The lowest BCUT2D eigenvalue weighted by atomic mass is 10.2. The Kier molecular flexibility index (Phi) is 4.20. The molecule has 0 N–H and O–H groups in total. The Morgan fingerprint density at radius 1 is 1.05 bits per heavy atom. The summed E-state index contributed by atoms with van der Waals surface area (Å²) >= 11 is 0. The number of halogens is 1. The zero-order chi connectivity index (χ0) is 14.6. The van der Waals surface area contributed by atoms with Gasteiger partial charge in [0.25, 0.3) is 0 Å². The number of hydrogen-bond donors (Lipinski definition) is 0. The third kappa shape index (κ3) is 2.88. The maximum Gasteiger partial charge on any atom is 0.233 e. The normalized spacial score (nSPS) is 12.2. The van der Waals surface area contributed by atoms with Crippen LogP contribution in [0.15, 0.2) is 64.7 Å². The topological polar surface area (TPSA) is 43.4 Å². The third-order valence-electron chi connectivity index (χ3n) is 2.72. The van der Waals surface area contributed by atoms with E-state index in [1.54, 1.807) is 42.5 Å². The minimum Gasteiger partial charge on any atom is -0.496 e. The van der Waals surface area contributed by atoms with E-state index in [9.17, 15) is 12.8 Å². The van der Waals surface area contributed by atoms with E-state index in [1.807, 2.05) is 0 Å². The number of para-hydroxylation sites is 1. The lowest BCUT2D eigenvalue weighted by Crippen LogP contribution is -2.01. The number of sulfone groups is 1. The molecule has 0 aromatic heterocycles. The van der Waals surface area contributed by atoms with E-state index >= 15 is 0 Å². The molecule has 0 amide bonds. The average molecular weight is 292 g/mol. The summed E-state index contributed by atoms with van der Waals surface area (Å²) in [6, 6.07) is 14.1. The van der Waals surface area contributed by atoms with Crippen molar-refractivity contribution in [1.29, 1.82) is 0 Å². The van der Waals surface area contributed by atoms with E-state index in [1.165, 1.54) is 19.2 Å². The van der Waals surface area contributed by atoms with Gasteiger partial charge in [-0.25, -0.2) is 8.42 Å². The summed E-state index contributed by atoms with van der Waals surface area (Å²) < 4.78 is 43.2. The van der Waals surface area contributed by atoms with Gasteiger partial charge in [0.05, 0.1) is 12.0 Å². The maximum atomic E-state index is 14.1. The molecule has 0 aliphatic heterocycles. The van der Waals surface area contributed by atoms with E-state index in [2.05, 4.69) is 0 Å². The molecule has 0 bridgehead atoms. The standard InChI is InChI=1S/C15H13FO3S/c1-19-14-10-6-5-7-12(14)11-15(16)20(17,18)13-8-3-2-4-9-13/h2-11H,1H3/b15-11+. The Morgan fingerprint density at radius 3 is 2.30 bits per heavy atom. The number of hydrogen-bond acceptors (Lipinski definition) is 3. The summed E-state index contributed by atoms with van der Waals surface area (Å²) in [5, 5.41) is -1.21. The van der Waals surface area contributed by atoms with Crippen LogP contribution in [-0.2, 0) is 9.84 Å². The first-order chi connectivity index (χ1) is 9.55. The largest absolute Gasteiger partial charge is 0.496 e. The summed E-state index contributed by atoms with van der Waals surface area (Å²) in [5.74, 6) is 0.408. The molecule has 0 radical (unpaired) electrons. The van der Waals surface area contributed by atoms with Gasteiger partial charge in [-0.2, -0.15) is 4.39 Å². The summed E-state index contributed by atoms with van der Waals surface area (Å²) in [6.07, 6.45) is 0.959. The smallest absolute Gasteiger partial charge is 0.233 e. The van der Waals surface area contributed by atoms with Gasteiger partial charge < -0.3 is 4.74 Å². The maximum absolute atomic E-state index is 14.1. The van der Waals surface area contributed by atoms with Crippen molar-refractivity contribution in [2.45, 2.75) is 4.90 Å². The van der Waals surface area contributed by atoms with Crippen LogP contribution in [0.2, 0.25) is 0 Å². The van der Waals surface area contributed by atoms with E-state index in [4.69, 9.17) is 4.74 Å². The van der Waals surface area contributed by atoms with Crippen LogP contribution in [0, 0.1) is 0 Å². The molecule has 0 atom stereocenters. The van der Waals surface area contributed by atoms with Crippen LogP contribution in [0.3, 0.4) is 0 Å². The fraction of sp³-hybridized carbons (Fsp3) is 0.0667. The van der Waals surface area contributed by atoms with Crippen LogP contribution in [0.5, 0.6) is 5.75 Å². The molecule has 20 heavy (non-hydrogen) atoms. The molecule has 0 aliphatic rings. The second-order valence-electron chi connectivity index (χ2n) is 4.01. The van der Waals surface area contributed by atoms with Gasteiger partial charge in [0.2, 0.25) is 15.0 Å². The SMILES string of the molecule is COc1ccccc1/C=C(\F)S(=O)(=O)c1ccccc1. The van der Waals surface area contributed by atoms with Crippen LogP contribution in [0.25, 0.3) is 6.08 Å². The molecule has 3 nitrogen and oxygen atoms in total. The van der Waals surface area contributed by atoms with Crippen LogP contribution >= 0.6 is 0 Å². The van der Waals surface area contributed by atoms with Gasteiger partial charge in [0.1, 0.15) is 5.75 Å². The van der Waals surface area contributed by atoms with Crippen molar-refractivity contribution in [1.82, 2.24) is 0 Å². The van der Waals surface area contributed by atoms with Gasteiger partial charge in [0.15, 0.2) is 0 Å². The summed E-state index contributed by atoms with van der Waals surface area (Å²) in [4.78, 5) is -0.0800. The van der Waals surface area contributed by atoms with Crippen molar-refractivity contribution >= 4 is 15.9 Å². The Hall–Kier alpha value is -2.14. The fourth-order valence-electron chi connectivity index (χ4n) is 1.70. The summed E-state index contributed by atoms with van der Waals surface area (Å²) in [6.45, 7) is 0. The van der Waals surface area contributed by atoms with Crippen molar-refractivity contribution < 1.29 is 17.5 Å². The molecule has 2 aromatic carbocycles. The lowest BCUT2D eigenvalue weighted by Gasteiger charge is -2.05.